The van der Waals surface area contributed by atoms with E-state index in [0.717, 1.165) is 56.6 Å². The maximum Gasteiger partial charge on any atom is 0.219 e. The molecule has 0 unspecified atom stereocenters. The lowest BCUT2D eigenvalue weighted by molar-refractivity contribution is -0.129. The van der Waals surface area contributed by atoms with Crippen molar-refractivity contribution in [1.82, 2.24) is 14.9 Å². The second kappa shape index (κ2) is 8.91. The number of aromatic nitrogens is 2. The lowest BCUT2D eigenvalue weighted by Crippen LogP contribution is -2.48. The average molecular weight is 383 g/mol. The molecule has 1 saturated heterocycles. The van der Waals surface area contributed by atoms with Crippen LogP contribution in [0, 0.1) is 6.92 Å². The minimum Gasteiger partial charge on any atom is -0.372 e. The van der Waals surface area contributed by atoms with Crippen LogP contribution in [-0.4, -0.2) is 60.0 Å². The summed E-state index contributed by atoms with van der Waals surface area (Å²) >= 11 is 0. The molecule has 0 aliphatic carbocycles. The summed E-state index contributed by atoms with van der Waals surface area (Å²) in [5, 5.41) is 3.42. The van der Waals surface area contributed by atoms with Gasteiger partial charge in [0.25, 0.3) is 0 Å². The average Bonchev–Trinajstić information content (AvgIpc) is 2.71. The predicted octanol–water partition coefficient (Wildman–Crippen LogP) is 3.04. The molecule has 1 aliphatic rings. The number of hydrogen-bond acceptors (Lipinski definition) is 6. The molecule has 0 atom stereocenters. The summed E-state index contributed by atoms with van der Waals surface area (Å²) < 4.78 is 0. The van der Waals surface area contributed by atoms with Crippen LogP contribution in [0.15, 0.2) is 30.6 Å². The fraction of sp³-hybridized carbons (Fsp3) is 0.476. The Morgan fingerprint density at radius 1 is 1.11 bits per heavy atom. The summed E-state index contributed by atoms with van der Waals surface area (Å²) in [5.74, 6) is 1.80. The van der Waals surface area contributed by atoms with Gasteiger partial charge in [-0.25, -0.2) is 9.97 Å². The van der Waals surface area contributed by atoms with Gasteiger partial charge >= 0.3 is 0 Å². The normalized spacial score (nSPS) is 14.1. The van der Waals surface area contributed by atoms with Crippen LogP contribution in [0.1, 0.15) is 26.3 Å². The fourth-order valence-corrected chi connectivity index (χ4v) is 3.55. The number of piperazine rings is 1. The van der Waals surface area contributed by atoms with Gasteiger partial charge in [0, 0.05) is 63.6 Å². The maximum absolute atomic E-state index is 11.5. The van der Waals surface area contributed by atoms with E-state index in [9.17, 15) is 4.79 Å². The number of amides is 1. The van der Waals surface area contributed by atoms with E-state index in [1.165, 1.54) is 11.3 Å². The number of carbonyl (C=O) groups is 1. The molecular weight excluding hydrogens is 352 g/mol. The maximum atomic E-state index is 11.5. The number of carbonyl (C=O) groups excluding carboxylic acids is 1. The topological polar surface area (TPSA) is 64.6 Å². The van der Waals surface area contributed by atoms with Crippen LogP contribution in [0.5, 0.6) is 0 Å². The first-order chi connectivity index (χ1) is 13.5. The standard InChI is InChI=1S/C21H30N6O/c1-5-25(6-2)18-7-8-19(16(3)13-18)24-20-14-21(23-15-22-20)27-11-9-26(10-12-27)17(4)28/h7-8,13-15H,5-6,9-12H2,1-4H3,(H,22,23,24). The first kappa shape index (κ1) is 19.9. The highest BCUT2D eigenvalue weighted by molar-refractivity contribution is 5.73. The monoisotopic (exact) mass is 382 g/mol. The van der Waals surface area contributed by atoms with Crippen molar-refractivity contribution < 1.29 is 4.79 Å². The van der Waals surface area contributed by atoms with Gasteiger partial charge < -0.3 is 20.0 Å². The second-order valence-corrected chi connectivity index (χ2v) is 7.05. The highest BCUT2D eigenvalue weighted by Gasteiger charge is 2.20. The first-order valence-corrected chi connectivity index (χ1v) is 9.97. The van der Waals surface area contributed by atoms with Gasteiger partial charge in [-0.1, -0.05) is 0 Å². The molecular formula is C21H30N6O. The Balaban J connectivity index is 1.70. The molecule has 1 fully saturated rings. The number of benzene rings is 1. The lowest BCUT2D eigenvalue weighted by atomic mass is 10.1. The molecule has 0 saturated carbocycles. The first-order valence-electron chi connectivity index (χ1n) is 9.97. The molecule has 0 spiro atoms. The van der Waals surface area contributed by atoms with Crippen molar-refractivity contribution in [2.24, 2.45) is 0 Å². The molecule has 1 aromatic heterocycles. The predicted molar refractivity (Wildman–Crippen MR) is 115 cm³/mol. The van der Waals surface area contributed by atoms with E-state index in [-0.39, 0.29) is 5.91 Å². The number of nitrogens with zero attached hydrogens (tertiary/aromatic N) is 5. The summed E-state index contributed by atoms with van der Waals surface area (Å²) in [7, 11) is 0. The van der Waals surface area contributed by atoms with Gasteiger partial charge in [0.2, 0.25) is 5.91 Å². The minimum atomic E-state index is 0.133. The van der Waals surface area contributed by atoms with Crippen LogP contribution >= 0.6 is 0 Å². The summed E-state index contributed by atoms with van der Waals surface area (Å²) in [6, 6.07) is 8.43. The molecule has 1 N–H and O–H groups in total. The van der Waals surface area contributed by atoms with Crippen molar-refractivity contribution >= 4 is 28.9 Å². The van der Waals surface area contributed by atoms with Gasteiger partial charge in [0.05, 0.1) is 0 Å². The van der Waals surface area contributed by atoms with E-state index in [1.54, 1.807) is 13.3 Å². The van der Waals surface area contributed by atoms with Crippen LogP contribution in [0.2, 0.25) is 0 Å². The Hall–Kier alpha value is -2.83. The van der Waals surface area contributed by atoms with E-state index >= 15 is 0 Å². The van der Waals surface area contributed by atoms with Crippen LogP contribution in [-0.2, 0) is 4.79 Å². The third-order valence-electron chi connectivity index (χ3n) is 5.30. The number of nitrogens with one attached hydrogen (secondary N) is 1. The van der Waals surface area contributed by atoms with Crippen molar-refractivity contribution in [3.63, 3.8) is 0 Å². The number of anilines is 4. The third-order valence-corrected chi connectivity index (χ3v) is 5.30. The van der Waals surface area contributed by atoms with E-state index in [1.807, 2.05) is 11.0 Å². The van der Waals surface area contributed by atoms with Crippen molar-refractivity contribution in [3.8, 4) is 0 Å². The summed E-state index contributed by atoms with van der Waals surface area (Å²) in [4.78, 5) is 26.7. The molecule has 2 aromatic rings. The van der Waals surface area contributed by atoms with Crippen molar-refractivity contribution in [3.05, 3.63) is 36.2 Å². The molecule has 150 valence electrons. The van der Waals surface area contributed by atoms with Crippen LogP contribution in [0.4, 0.5) is 23.0 Å². The molecule has 0 radical (unpaired) electrons. The molecule has 7 heteroatoms. The second-order valence-electron chi connectivity index (χ2n) is 7.05. The van der Waals surface area contributed by atoms with Gasteiger partial charge in [0.15, 0.2) is 0 Å². The quantitative estimate of drug-likeness (QED) is 0.828. The van der Waals surface area contributed by atoms with Gasteiger partial charge in [-0.05, 0) is 44.5 Å². The highest BCUT2D eigenvalue weighted by Crippen LogP contribution is 2.26. The molecule has 1 aromatic carbocycles. The summed E-state index contributed by atoms with van der Waals surface area (Å²) in [6.45, 7) is 13.1. The van der Waals surface area contributed by atoms with Gasteiger partial charge in [-0.3, -0.25) is 4.79 Å². The molecule has 2 heterocycles. The SMILES string of the molecule is CCN(CC)c1ccc(Nc2cc(N3CCN(C(C)=O)CC3)ncn2)c(C)c1. The van der Waals surface area contributed by atoms with E-state index < -0.39 is 0 Å². The van der Waals surface area contributed by atoms with Crippen LogP contribution in [0.25, 0.3) is 0 Å². The van der Waals surface area contributed by atoms with E-state index in [0.29, 0.717) is 0 Å². The van der Waals surface area contributed by atoms with E-state index in [4.69, 9.17) is 0 Å². The van der Waals surface area contributed by atoms with Crippen LogP contribution in [0.3, 0.4) is 0 Å². The third kappa shape index (κ3) is 4.52. The molecule has 28 heavy (non-hydrogen) atoms. The lowest BCUT2D eigenvalue weighted by Gasteiger charge is -2.34. The number of aryl methyl sites for hydroxylation is 1. The van der Waals surface area contributed by atoms with Crippen molar-refractivity contribution in [1.29, 1.82) is 0 Å². The fourth-order valence-electron chi connectivity index (χ4n) is 3.55. The number of rotatable bonds is 6. The summed E-state index contributed by atoms with van der Waals surface area (Å²) in [6.07, 6.45) is 1.59. The Morgan fingerprint density at radius 2 is 1.82 bits per heavy atom. The Bertz CT molecular complexity index is 812. The zero-order valence-corrected chi connectivity index (χ0v) is 17.3. The molecule has 1 amide bonds. The Kier molecular flexibility index (Phi) is 6.34. The molecule has 3 rings (SSSR count). The van der Waals surface area contributed by atoms with Gasteiger partial charge in [0.1, 0.15) is 18.0 Å². The minimum absolute atomic E-state index is 0.133. The van der Waals surface area contributed by atoms with Gasteiger partial charge in [-0.2, -0.15) is 0 Å². The number of hydrogen-bond donors (Lipinski definition) is 1. The van der Waals surface area contributed by atoms with Gasteiger partial charge in [-0.15, -0.1) is 0 Å². The zero-order valence-electron chi connectivity index (χ0n) is 17.3. The Morgan fingerprint density at radius 3 is 2.43 bits per heavy atom. The largest absolute Gasteiger partial charge is 0.372 e. The zero-order chi connectivity index (χ0) is 20.1. The molecule has 7 nitrogen and oxygen atoms in total. The van der Waals surface area contributed by atoms with Crippen LogP contribution < -0.4 is 15.1 Å². The Labute approximate surface area is 167 Å². The molecule has 0 bridgehead atoms. The smallest absolute Gasteiger partial charge is 0.219 e. The molecule has 1 aliphatic heterocycles. The van der Waals surface area contributed by atoms with Crippen molar-refractivity contribution in [2.45, 2.75) is 27.7 Å². The highest BCUT2D eigenvalue weighted by atomic mass is 16.2. The van der Waals surface area contributed by atoms with E-state index in [2.05, 4.69) is 64.1 Å². The summed E-state index contributed by atoms with van der Waals surface area (Å²) in [5.41, 5.74) is 3.46. The van der Waals surface area contributed by atoms with Crippen molar-refractivity contribution in [2.75, 3.05) is 54.4 Å².